The minimum absolute atomic E-state index is 0.927. The van der Waals surface area contributed by atoms with Gasteiger partial charge in [-0.2, -0.15) is 0 Å². The van der Waals surface area contributed by atoms with E-state index in [1.165, 1.54) is 10.9 Å². The summed E-state index contributed by atoms with van der Waals surface area (Å²) in [6.45, 7) is 2.11. The predicted molar refractivity (Wildman–Crippen MR) is 78.1 cm³/mol. The second kappa shape index (κ2) is 3.72. The van der Waals surface area contributed by atoms with Gasteiger partial charge < -0.3 is 9.97 Å². The molecule has 0 unspecified atom stereocenters. The van der Waals surface area contributed by atoms with Crippen molar-refractivity contribution in [1.29, 1.82) is 0 Å². The summed E-state index contributed by atoms with van der Waals surface area (Å²) in [7, 11) is 0. The van der Waals surface area contributed by atoms with Crippen molar-refractivity contribution in [2.24, 2.45) is 0 Å². The molecule has 0 aliphatic carbocycles. The standard InChI is InChI=1S/C16H13N3/c1-10-2-3-14-12(6-10)8-15(19-14)13-7-11-4-5-17-16(11)18-9-13/h2-9,19H,1H3,(H,17,18). The third-order valence-electron chi connectivity index (χ3n) is 3.49. The summed E-state index contributed by atoms with van der Waals surface area (Å²) in [6.07, 6.45) is 3.81. The van der Waals surface area contributed by atoms with Crippen molar-refractivity contribution in [2.45, 2.75) is 6.92 Å². The maximum Gasteiger partial charge on any atom is 0.137 e. The first-order valence-electron chi connectivity index (χ1n) is 6.32. The molecule has 1 aromatic carbocycles. The van der Waals surface area contributed by atoms with E-state index in [-0.39, 0.29) is 0 Å². The number of aryl methyl sites for hydroxylation is 1. The summed E-state index contributed by atoms with van der Waals surface area (Å²) in [5.41, 5.74) is 5.58. The van der Waals surface area contributed by atoms with Crippen molar-refractivity contribution in [1.82, 2.24) is 15.0 Å². The Morgan fingerprint density at radius 3 is 2.89 bits per heavy atom. The van der Waals surface area contributed by atoms with Crippen LogP contribution in [-0.4, -0.2) is 15.0 Å². The van der Waals surface area contributed by atoms with Gasteiger partial charge in [0.15, 0.2) is 0 Å². The van der Waals surface area contributed by atoms with Gasteiger partial charge in [0.25, 0.3) is 0 Å². The second-order valence-corrected chi connectivity index (χ2v) is 4.91. The zero-order valence-corrected chi connectivity index (χ0v) is 10.6. The van der Waals surface area contributed by atoms with E-state index in [1.807, 2.05) is 18.5 Å². The number of nitrogens with one attached hydrogen (secondary N) is 2. The first-order valence-corrected chi connectivity index (χ1v) is 6.32. The summed E-state index contributed by atoms with van der Waals surface area (Å²) in [6, 6.07) is 12.8. The molecule has 0 aliphatic rings. The molecule has 0 amide bonds. The lowest BCUT2D eigenvalue weighted by atomic mass is 10.1. The lowest BCUT2D eigenvalue weighted by molar-refractivity contribution is 1.32. The molecular formula is C16H13N3. The summed E-state index contributed by atoms with van der Waals surface area (Å²) >= 11 is 0. The van der Waals surface area contributed by atoms with Crippen LogP contribution in [0.4, 0.5) is 0 Å². The highest BCUT2D eigenvalue weighted by molar-refractivity contribution is 5.88. The molecule has 4 aromatic rings. The normalized spacial score (nSPS) is 11.4. The predicted octanol–water partition coefficient (Wildman–Crippen LogP) is 4.02. The van der Waals surface area contributed by atoms with Crippen molar-refractivity contribution in [3.8, 4) is 11.3 Å². The number of hydrogen-bond donors (Lipinski definition) is 2. The number of rotatable bonds is 1. The number of aromatic amines is 2. The van der Waals surface area contributed by atoms with Crippen LogP contribution in [0.3, 0.4) is 0 Å². The van der Waals surface area contributed by atoms with Crippen LogP contribution >= 0.6 is 0 Å². The fraction of sp³-hybridized carbons (Fsp3) is 0.0625. The second-order valence-electron chi connectivity index (χ2n) is 4.91. The minimum atomic E-state index is 0.927. The highest BCUT2D eigenvalue weighted by Gasteiger charge is 2.05. The lowest BCUT2D eigenvalue weighted by Crippen LogP contribution is -1.81. The number of H-pyrrole nitrogens is 2. The molecule has 3 aromatic heterocycles. The number of nitrogens with zero attached hydrogens (tertiary/aromatic N) is 1. The van der Waals surface area contributed by atoms with E-state index < -0.39 is 0 Å². The summed E-state index contributed by atoms with van der Waals surface area (Å²) < 4.78 is 0. The van der Waals surface area contributed by atoms with Gasteiger partial charge in [-0.05, 0) is 37.3 Å². The Bertz CT molecular complexity index is 883. The van der Waals surface area contributed by atoms with Gasteiger partial charge in [0.1, 0.15) is 5.65 Å². The molecule has 4 rings (SSSR count). The first-order chi connectivity index (χ1) is 9.29. The van der Waals surface area contributed by atoms with E-state index in [0.717, 1.165) is 27.8 Å². The van der Waals surface area contributed by atoms with Gasteiger partial charge in [0.2, 0.25) is 0 Å². The number of fused-ring (bicyclic) bond motifs is 2. The molecule has 3 heterocycles. The Morgan fingerprint density at radius 2 is 1.95 bits per heavy atom. The Hall–Kier alpha value is -2.55. The van der Waals surface area contributed by atoms with Crippen molar-refractivity contribution in [3.05, 3.63) is 54.4 Å². The minimum Gasteiger partial charge on any atom is -0.354 e. The van der Waals surface area contributed by atoms with Crippen LogP contribution in [0.1, 0.15) is 5.56 Å². The van der Waals surface area contributed by atoms with E-state index in [4.69, 9.17) is 0 Å². The van der Waals surface area contributed by atoms with Gasteiger partial charge in [-0.1, -0.05) is 11.6 Å². The lowest BCUT2D eigenvalue weighted by Gasteiger charge is -1.97. The van der Waals surface area contributed by atoms with Gasteiger partial charge in [-0.15, -0.1) is 0 Å². The van der Waals surface area contributed by atoms with Gasteiger partial charge in [0, 0.05) is 39.9 Å². The van der Waals surface area contributed by atoms with Gasteiger partial charge >= 0.3 is 0 Å². The van der Waals surface area contributed by atoms with E-state index in [2.05, 4.69) is 52.2 Å². The molecule has 0 atom stereocenters. The van der Waals surface area contributed by atoms with Gasteiger partial charge in [0.05, 0.1) is 0 Å². The molecule has 0 fully saturated rings. The highest BCUT2D eigenvalue weighted by atomic mass is 14.8. The van der Waals surface area contributed by atoms with Crippen LogP contribution in [0.5, 0.6) is 0 Å². The number of aromatic nitrogens is 3. The van der Waals surface area contributed by atoms with E-state index in [0.29, 0.717) is 0 Å². The molecule has 0 aliphatic heterocycles. The number of hydrogen-bond acceptors (Lipinski definition) is 1. The maximum atomic E-state index is 4.43. The summed E-state index contributed by atoms with van der Waals surface area (Å²) in [4.78, 5) is 11.0. The van der Waals surface area contributed by atoms with Gasteiger partial charge in [-0.3, -0.25) is 0 Å². The molecule has 0 saturated carbocycles. The zero-order chi connectivity index (χ0) is 12.8. The molecule has 2 N–H and O–H groups in total. The van der Waals surface area contributed by atoms with Crippen LogP contribution in [0, 0.1) is 6.92 Å². The molecule has 92 valence electrons. The Kier molecular flexibility index (Phi) is 2.03. The first kappa shape index (κ1) is 10.4. The molecule has 19 heavy (non-hydrogen) atoms. The Balaban J connectivity index is 1.92. The van der Waals surface area contributed by atoms with Crippen LogP contribution < -0.4 is 0 Å². The average molecular weight is 247 g/mol. The summed E-state index contributed by atoms with van der Waals surface area (Å²) in [5.74, 6) is 0. The molecular weight excluding hydrogens is 234 g/mol. The quantitative estimate of drug-likeness (QED) is 0.524. The molecule has 3 nitrogen and oxygen atoms in total. The van der Waals surface area contributed by atoms with Crippen molar-refractivity contribution < 1.29 is 0 Å². The van der Waals surface area contributed by atoms with Crippen LogP contribution in [0.25, 0.3) is 33.2 Å². The number of benzene rings is 1. The molecule has 0 radical (unpaired) electrons. The molecule has 0 bridgehead atoms. The third kappa shape index (κ3) is 1.63. The SMILES string of the molecule is Cc1ccc2[nH]c(-c3cnc4[nH]ccc4c3)cc2c1. The third-order valence-corrected chi connectivity index (χ3v) is 3.49. The number of pyridine rings is 1. The Labute approximate surface area is 110 Å². The van der Waals surface area contributed by atoms with Crippen molar-refractivity contribution in [2.75, 3.05) is 0 Å². The van der Waals surface area contributed by atoms with Crippen LogP contribution in [0.2, 0.25) is 0 Å². The zero-order valence-electron chi connectivity index (χ0n) is 10.6. The maximum absolute atomic E-state index is 4.43. The van der Waals surface area contributed by atoms with Crippen molar-refractivity contribution in [3.63, 3.8) is 0 Å². The summed E-state index contributed by atoms with van der Waals surface area (Å²) in [5, 5.41) is 2.37. The smallest absolute Gasteiger partial charge is 0.137 e. The van der Waals surface area contributed by atoms with E-state index >= 15 is 0 Å². The fourth-order valence-corrected chi connectivity index (χ4v) is 2.49. The van der Waals surface area contributed by atoms with Gasteiger partial charge in [-0.25, -0.2) is 4.98 Å². The van der Waals surface area contributed by atoms with E-state index in [9.17, 15) is 0 Å². The molecule has 0 spiro atoms. The van der Waals surface area contributed by atoms with Crippen LogP contribution in [-0.2, 0) is 0 Å². The monoisotopic (exact) mass is 247 g/mol. The molecule has 0 saturated heterocycles. The van der Waals surface area contributed by atoms with Crippen LogP contribution in [0.15, 0.2) is 48.8 Å². The fourth-order valence-electron chi connectivity index (χ4n) is 2.49. The van der Waals surface area contributed by atoms with E-state index in [1.54, 1.807) is 0 Å². The highest BCUT2D eigenvalue weighted by Crippen LogP contribution is 2.26. The largest absolute Gasteiger partial charge is 0.354 e. The average Bonchev–Trinajstić information content (AvgIpc) is 3.02. The van der Waals surface area contributed by atoms with Crippen molar-refractivity contribution >= 4 is 21.9 Å². The topological polar surface area (TPSA) is 44.5 Å². The molecule has 3 heteroatoms. The Morgan fingerprint density at radius 1 is 1.00 bits per heavy atom.